The van der Waals surface area contributed by atoms with Crippen LogP contribution in [0.2, 0.25) is 0 Å². The zero-order valence-electron chi connectivity index (χ0n) is 20.1. The number of benzene rings is 2. The lowest BCUT2D eigenvalue weighted by Gasteiger charge is -2.36. The average Bonchev–Trinajstić information content (AvgIpc) is 2.90. The molecule has 0 saturated heterocycles. The van der Waals surface area contributed by atoms with E-state index in [1.807, 2.05) is 0 Å². The Morgan fingerprint density at radius 2 is 1.72 bits per heavy atom. The molecule has 0 unspecified atom stereocenters. The number of sulfonamides is 1. The first-order chi connectivity index (χ1) is 18.2. The minimum Gasteiger partial charge on any atom is -0.486 e. The second-order valence-electron chi connectivity index (χ2n) is 8.53. The van der Waals surface area contributed by atoms with Gasteiger partial charge in [-0.2, -0.15) is 26.3 Å². The number of aromatic nitrogens is 1. The van der Waals surface area contributed by atoms with Crippen molar-refractivity contribution in [2.24, 2.45) is 0 Å². The summed E-state index contributed by atoms with van der Waals surface area (Å²) in [6.07, 6.45) is -9.48. The van der Waals surface area contributed by atoms with Gasteiger partial charge < -0.3 is 9.47 Å². The van der Waals surface area contributed by atoms with Crippen molar-refractivity contribution >= 4 is 21.7 Å². The van der Waals surface area contributed by atoms with Gasteiger partial charge in [-0.1, -0.05) is 6.07 Å². The van der Waals surface area contributed by atoms with Crippen LogP contribution in [0.3, 0.4) is 0 Å². The fraction of sp³-hybridized carbons (Fsp3) is 0.280. The predicted octanol–water partition coefficient (Wildman–Crippen LogP) is 5.70. The van der Waals surface area contributed by atoms with E-state index in [2.05, 4.69) is 9.72 Å². The SMILES string of the molecule is COC(=O)CC[C@H]1CN(S(=O)(=O)c2cccc(C(F)(F)F)c2)c2cc(-c3cc(C(F)(F)F)ccn3)ccc2O1. The lowest BCUT2D eigenvalue weighted by Crippen LogP contribution is -2.43. The molecule has 0 bridgehead atoms. The van der Waals surface area contributed by atoms with Gasteiger partial charge in [0.2, 0.25) is 0 Å². The van der Waals surface area contributed by atoms with Gasteiger partial charge in [0.05, 0.1) is 41.1 Å². The van der Waals surface area contributed by atoms with Gasteiger partial charge in [-0.3, -0.25) is 14.1 Å². The Bertz CT molecular complexity index is 1490. The maximum Gasteiger partial charge on any atom is 0.416 e. The van der Waals surface area contributed by atoms with Crippen LogP contribution in [0.1, 0.15) is 24.0 Å². The number of hydrogen-bond donors (Lipinski definition) is 0. The number of hydrogen-bond acceptors (Lipinski definition) is 6. The Kier molecular flexibility index (Phi) is 7.52. The average molecular weight is 574 g/mol. The van der Waals surface area contributed by atoms with Crippen LogP contribution in [0, 0.1) is 0 Å². The van der Waals surface area contributed by atoms with Crippen molar-refractivity contribution < 1.29 is 49.0 Å². The molecular formula is C25H20F6N2O5S. The zero-order chi connectivity index (χ0) is 28.6. The Morgan fingerprint density at radius 3 is 2.38 bits per heavy atom. The first-order valence-electron chi connectivity index (χ1n) is 11.3. The van der Waals surface area contributed by atoms with Crippen LogP contribution in [-0.4, -0.2) is 39.1 Å². The molecule has 1 atom stereocenters. The second kappa shape index (κ2) is 10.4. The highest BCUT2D eigenvalue weighted by Gasteiger charge is 2.37. The molecule has 1 aliphatic heterocycles. The van der Waals surface area contributed by atoms with Crippen LogP contribution in [0.5, 0.6) is 5.75 Å². The minimum absolute atomic E-state index is 0.00222. The number of methoxy groups -OCH3 is 1. The highest BCUT2D eigenvalue weighted by Crippen LogP contribution is 2.41. The molecule has 0 N–H and O–H groups in total. The number of rotatable bonds is 6. The van der Waals surface area contributed by atoms with Crippen molar-refractivity contribution in [2.75, 3.05) is 18.0 Å². The van der Waals surface area contributed by atoms with E-state index in [9.17, 15) is 39.6 Å². The number of ether oxygens (including phenoxy) is 2. The monoisotopic (exact) mass is 574 g/mol. The Balaban J connectivity index is 1.80. The van der Waals surface area contributed by atoms with Gasteiger partial charge in [-0.15, -0.1) is 0 Å². The van der Waals surface area contributed by atoms with Gasteiger partial charge >= 0.3 is 18.3 Å². The minimum atomic E-state index is -4.81. The van der Waals surface area contributed by atoms with Crippen molar-refractivity contribution in [1.29, 1.82) is 0 Å². The number of alkyl halides is 6. The van der Waals surface area contributed by atoms with Crippen molar-refractivity contribution in [3.05, 3.63) is 71.9 Å². The van der Waals surface area contributed by atoms with Crippen molar-refractivity contribution in [1.82, 2.24) is 4.98 Å². The molecule has 1 aliphatic rings. The van der Waals surface area contributed by atoms with Crippen molar-refractivity contribution in [3.63, 3.8) is 0 Å². The summed E-state index contributed by atoms with van der Waals surface area (Å²) in [5, 5.41) is 0. The second-order valence-corrected chi connectivity index (χ2v) is 10.4. The van der Waals surface area contributed by atoms with Gasteiger partial charge in [0, 0.05) is 18.2 Å². The molecule has 14 heteroatoms. The third-order valence-corrected chi connectivity index (χ3v) is 7.70. The highest BCUT2D eigenvalue weighted by molar-refractivity contribution is 7.92. The van der Waals surface area contributed by atoms with Gasteiger partial charge in [-0.05, 0) is 55.0 Å². The Morgan fingerprint density at radius 1 is 1.03 bits per heavy atom. The van der Waals surface area contributed by atoms with E-state index >= 15 is 0 Å². The molecular weight excluding hydrogens is 554 g/mol. The summed E-state index contributed by atoms with van der Waals surface area (Å²) in [6.45, 7) is -0.387. The van der Waals surface area contributed by atoms with Crippen LogP contribution >= 0.6 is 0 Å². The molecule has 4 rings (SSSR count). The van der Waals surface area contributed by atoms with E-state index in [0.717, 1.165) is 40.8 Å². The summed E-state index contributed by atoms with van der Waals surface area (Å²) in [5.41, 5.74) is -2.27. The van der Waals surface area contributed by atoms with Crippen molar-refractivity contribution in [3.8, 4) is 17.0 Å². The van der Waals surface area contributed by atoms with E-state index in [1.165, 1.54) is 25.3 Å². The first kappa shape index (κ1) is 28.2. The summed E-state index contributed by atoms with van der Waals surface area (Å²) in [5.74, 6) is -0.579. The van der Waals surface area contributed by atoms with E-state index in [0.29, 0.717) is 6.07 Å². The van der Waals surface area contributed by atoms with Gasteiger partial charge in [0.1, 0.15) is 11.9 Å². The van der Waals surface area contributed by atoms with E-state index < -0.39 is 50.5 Å². The molecule has 0 aliphatic carbocycles. The van der Waals surface area contributed by atoms with Gasteiger partial charge in [0.25, 0.3) is 10.0 Å². The fourth-order valence-electron chi connectivity index (χ4n) is 3.95. The third-order valence-electron chi connectivity index (χ3n) is 5.92. The standard InChI is InChI=1S/C25H20F6N2O5S/c1-37-23(34)8-6-18-14-33(39(35,36)19-4-2-3-16(12-19)24(26,27)28)21-11-15(5-7-22(21)38-18)20-13-17(9-10-32-20)25(29,30)31/h2-5,7,9-13,18H,6,8,14H2,1H3/t18-/m0/s1. The van der Waals surface area contributed by atoms with Crippen LogP contribution in [0.4, 0.5) is 32.0 Å². The van der Waals surface area contributed by atoms with Crippen LogP contribution in [0.25, 0.3) is 11.3 Å². The number of carbonyl (C=O) groups is 1. The maximum atomic E-state index is 13.6. The first-order valence-corrected chi connectivity index (χ1v) is 12.8. The number of nitrogens with zero attached hydrogens (tertiary/aromatic N) is 2. The molecule has 2 heterocycles. The fourth-order valence-corrected chi connectivity index (χ4v) is 5.50. The molecule has 3 aromatic rings. The largest absolute Gasteiger partial charge is 0.486 e. The number of fused-ring (bicyclic) bond motifs is 1. The molecule has 39 heavy (non-hydrogen) atoms. The number of anilines is 1. The lowest BCUT2D eigenvalue weighted by atomic mass is 10.1. The van der Waals surface area contributed by atoms with Crippen LogP contribution in [-0.2, 0) is 31.9 Å². The third kappa shape index (κ3) is 6.10. The number of carbonyl (C=O) groups excluding carboxylic acids is 1. The van der Waals surface area contributed by atoms with Crippen LogP contribution in [0.15, 0.2) is 65.7 Å². The topological polar surface area (TPSA) is 85.8 Å². The highest BCUT2D eigenvalue weighted by atomic mass is 32.2. The normalized spacial score (nSPS) is 15.9. The van der Waals surface area contributed by atoms with Gasteiger partial charge in [-0.25, -0.2) is 8.42 Å². The van der Waals surface area contributed by atoms with Crippen LogP contribution < -0.4 is 9.04 Å². The van der Waals surface area contributed by atoms with E-state index in [4.69, 9.17) is 4.74 Å². The molecule has 1 aromatic heterocycles. The molecule has 7 nitrogen and oxygen atoms in total. The Labute approximate surface area is 219 Å². The molecule has 2 aromatic carbocycles. The van der Waals surface area contributed by atoms with Crippen molar-refractivity contribution in [2.45, 2.75) is 36.2 Å². The summed E-state index contributed by atoms with van der Waals surface area (Å²) < 4.78 is 118. The number of halogens is 6. The smallest absolute Gasteiger partial charge is 0.416 e. The molecule has 208 valence electrons. The zero-order valence-corrected chi connectivity index (χ0v) is 20.9. The molecule has 0 fully saturated rings. The molecule has 0 saturated carbocycles. The summed E-state index contributed by atoms with van der Waals surface area (Å²) in [6, 6.07) is 8.67. The summed E-state index contributed by atoms with van der Waals surface area (Å²) in [4.78, 5) is 14.9. The summed E-state index contributed by atoms with van der Waals surface area (Å²) in [7, 11) is -3.46. The number of pyridine rings is 1. The lowest BCUT2D eigenvalue weighted by molar-refractivity contribution is -0.141. The number of esters is 1. The van der Waals surface area contributed by atoms with Gasteiger partial charge in [0.15, 0.2) is 0 Å². The predicted molar refractivity (Wildman–Crippen MR) is 126 cm³/mol. The van der Waals surface area contributed by atoms with E-state index in [1.54, 1.807) is 0 Å². The summed E-state index contributed by atoms with van der Waals surface area (Å²) >= 11 is 0. The van der Waals surface area contributed by atoms with E-state index in [-0.39, 0.29) is 42.1 Å². The molecule has 0 spiro atoms. The Hall–Kier alpha value is -3.81. The maximum absolute atomic E-state index is 13.6. The quantitative estimate of drug-likeness (QED) is 0.278. The molecule has 0 radical (unpaired) electrons. The molecule has 0 amide bonds.